The van der Waals surface area contributed by atoms with Crippen molar-refractivity contribution in [1.82, 2.24) is 0 Å². The van der Waals surface area contributed by atoms with E-state index in [-0.39, 0.29) is 6.32 Å². The van der Waals surface area contributed by atoms with E-state index in [2.05, 4.69) is 34.1 Å². The summed E-state index contributed by atoms with van der Waals surface area (Å²) in [5, 5.41) is 6.65. The third kappa shape index (κ3) is 2.32. The Hall–Kier alpha value is -0.880. The predicted octanol–water partition coefficient (Wildman–Crippen LogP) is 2.79. The lowest BCUT2D eigenvalue weighted by molar-refractivity contribution is 0.751. The summed E-state index contributed by atoms with van der Waals surface area (Å²) in [5.74, 6) is 0. The molecule has 0 aromatic heterocycles. The fourth-order valence-electron chi connectivity index (χ4n) is 0.865. The van der Waals surface area contributed by atoms with Crippen LogP contribution in [0.15, 0.2) is 22.7 Å². The lowest BCUT2D eigenvalue weighted by Gasteiger charge is -1.80. The van der Waals surface area contributed by atoms with Gasteiger partial charge in [-0.15, -0.1) is 4.39 Å². The molecule has 0 aliphatic heterocycles. The van der Waals surface area contributed by atoms with Crippen LogP contribution in [0.4, 0.5) is 4.39 Å². The number of rotatable bonds is 0. The number of nitrogens with zero attached hydrogens (tertiary/aromatic N) is 1. The first-order valence-corrected chi connectivity index (χ1v) is 3.84. The Bertz CT molecular complexity index is 303. The zero-order valence-electron chi connectivity index (χ0n) is 5.64. The molecule has 0 radical (unpaired) electrons. The summed E-state index contributed by atoms with van der Waals surface area (Å²) in [5.41, 5.74) is 3.01. The van der Waals surface area contributed by atoms with Crippen LogP contribution in [0.2, 0.25) is 0 Å². The van der Waals surface area contributed by atoms with Crippen LogP contribution in [0, 0.1) is 11.6 Å². The predicted molar refractivity (Wildman–Crippen MR) is 43.7 cm³/mol. The molecule has 0 fully saturated rings. The normalized spacial score (nSPS) is 10.3. The van der Waals surface area contributed by atoms with Crippen LogP contribution in [0.3, 0.4) is 0 Å². The molecule has 0 heterocycles. The van der Waals surface area contributed by atoms with Gasteiger partial charge < -0.3 is 0 Å². The van der Waals surface area contributed by atoms with Gasteiger partial charge in [-0.05, 0) is 29.7 Å². The molecule has 1 aliphatic carbocycles. The summed E-state index contributed by atoms with van der Waals surface area (Å²) < 4.78 is 10.8. The highest BCUT2D eigenvalue weighted by atomic mass is 79.9. The van der Waals surface area contributed by atoms with Gasteiger partial charge in [-0.3, -0.25) is 0 Å². The molecule has 1 aliphatic rings. The third-order valence-corrected chi connectivity index (χ3v) is 1.92. The quantitative estimate of drug-likeness (QED) is 0.661. The molecule has 1 aromatic rings. The van der Waals surface area contributed by atoms with E-state index in [1.54, 1.807) is 0 Å². The highest BCUT2D eigenvalue weighted by Crippen LogP contribution is 2.29. The maximum absolute atomic E-state index is 9.60. The Morgan fingerprint density at radius 1 is 1.45 bits per heavy atom. The summed E-state index contributed by atoms with van der Waals surface area (Å²) >= 11 is 3.40. The van der Waals surface area contributed by atoms with Crippen molar-refractivity contribution in [3.8, 4) is 6.32 Å². The zero-order valence-corrected chi connectivity index (χ0v) is 7.23. The lowest BCUT2D eigenvalue weighted by Crippen LogP contribution is -1.56. The number of nitriles is 1. The molecule has 3 heteroatoms. The minimum Gasteiger partial charge on any atom is -0.159 e. The maximum atomic E-state index is 9.60. The van der Waals surface area contributed by atoms with Gasteiger partial charge in [0.25, 0.3) is 6.32 Å². The van der Waals surface area contributed by atoms with Crippen molar-refractivity contribution in [2.75, 3.05) is 0 Å². The Morgan fingerprint density at radius 3 is 2.55 bits per heavy atom. The van der Waals surface area contributed by atoms with Gasteiger partial charge in [0.15, 0.2) is 0 Å². The van der Waals surface area contributed by atoms with Crippen molar-refractivity contribution in [3.05, 3.63) is 33.8 Å². The van der Waals surface area contributed by atoms with Gasteiger partial charge in [0.05, 0.1) is 0 Å². The Labute approximate surface area is 72.6 Å². The van der Waals surface area contributed by atoms with E-state index in [4.69, 9.17) is 5.26 Å². The molecule has 0 N–H and O–H groups in total. The number of hydrogen-bond donors (Lipinski definition) is 0. The fourth-order valence-corrected chi connectivity index (χ4v) is 1.27. The highest BCUT2D eigenvalue weighted by Gasteiger charge is 2.14. The topological polar surface area (TPSA) is 23.8 Å². The number of hydrogen-bond acceptors (Lipinski definition) is 1. The largest absolute Gasteiger partial charge is 0.273 e. The van der Waals surface area contributed by atoms with Crippen molar-refractivity contribution in [1.29, 1.82) is 5.26 Å². The molecule has 1 aromatic carbocycles. The molecular formula is C8H5BrFN. The SMILES string of the molecule is Brc1ccc2c(c1)C2.N#CF. The van der Waals surface area contributed by atoms with Gasteiger partial charge in [-0.2, -0.15) is 5.26 Å². The van der Waals surface area contributed by atoms with Gasteiger partial charge in [0.1, 0.15) is 0 Å². The number of halogens is 2. The summed E-state index contributed by atoms with van der Waals surface area (Å²) in [4.78, 5) is 0. The molecular weight excluding hydrogens is 209 g/mol. The van der Waals surface area contributed by atoms with Crippen molar-refractivity contribution in [2.45, 2.75) is 6.42 Å². The van der Waals surface area contributed by atoms with Gasteiger partial charge in [-0.1, -0.05) is 22.0 Å². The minimum absolute atomic E-state index is 0.250. The smallest absolute Gasteiger partial charge is 0.159 e. The molecule has 0 spiro atoms. The van der Waals surface area contributed by atoms with E-state index in [0.717, 1.165) is 0 Å². The summed E-state index contributed by atoms with van der Waals surface area (Å²) in [6.07, 6.45) is 1.46. The molecule has 0 bridgehead atoms. The Balaban J connectivity index is 0.000000179. The average Bonchev–Trinajstić information content (AvgIpc) is 2.67. The van der Waals surface area contributed by atoms with Crippen molar-refractivity contribution >= 4 is 15.9 Å². The van der Waals surface area contributed by atoms with Crippen LogP contribution < -0.4 is 0 Å². The van der Waals surface area contributed by atoms with Crippen LogP contribution in [0.25, 0.3) is 0 Å². The van der Waals surface area contributed by atoms with Crippen molar-refractivity contribution in [2.24, 2.45) is 0 Å². The Morgan fingerprint density at radius 2 is 2.09 bits per heavy atom. The zero-order chi connectivity index (χ0) is 8.27. The van der Waals surface area contributed by atoms with Gasteiger partial charge in [0.2, 0.25) is 0 Å². The molecule has 0 saturated carbocycles. The first-order valence-electron chi connectivity index (χ1n) is 3.05. The van der Waals surface area contributed by atoms with Gasteiger partial charge >= 0.3 is 0 Å². The first-order chi connectivity index (χ1) is 5.27. The van der Waals surface area contributed by atoms with Gasteiger partial charge in [0, 0.05) is 4.47 Å². The first kappa shape index (κ1) is 8.22. The summed E-state index contributed by atoms with van der Waals surface area (Å²) in [7, 11) is 0. The molecule has 56 valence electrons. The summed E-state index contributed by atoms with van der Waals surface area (Å²) in [6.45, 7) is 0. The maximum Gasteiger partial charge on any atom is 0.273 e. The van der Waals surface area contributed by atoms with Crippen molar-refractivity contribution < 1.29 is 4.39 Å². The van der Waals surface area contributed by atoms with E-state index < -0.39 is 0 Å². The fraction of sp³-hybridized carbons (Fsp3) is 0.125. The number of benzene rings is 1. The molecule has 0 saturated heterocycles. The second-order valence-electron chi connectivity index (χ2n) is 2.17. The molecule has 2 rings (SSSR count). The third-order valence-electron chi connectivity index (χ3n) is 1.42. The van der Waals surface area contributed by atoms with E-state index in [1.807, 2.05) is 0 Å². The molecule has 0 atom stereocenters. The molecule has 1 nitrogen and oxygen atoms in total. The van der Waals surface area contributed by atoms with E-state index in [9.17, 15) is 4.39 Å². The Kier molecular flexibility index (Phi) is 2.61. The van der Waals surface area contributed by atoms with Crippen molar-refractivity contribution in [3.63, 3.8) is 0 Å². The molecule has 0 amide bonds. The average molecular weight is 214 g/mol. The highest BCUT2D eigenvalue weighted by molar-refractivity contribution is 9.10. The van der Waals surface area contributed by atoms with Crippen LogP contribution in [-0.4, -0.2) is 0 Å². The van der Waals surface area contributed by atoms with Crippen LogP contribution in [0.5, 0.6) is 0 Å². The van der Waals surface area contributed by atoms with Gasteiger partial charge in [-0.25, -0.2) is 0 Å². The van der Waals surface area contributed by atoms with Crippen LogP contribution >= 0.6 is 15.9 Å². The van der Waals surface area contributed by atoms with Crippen LogP contribution in [0.1, 0.15) is 11.1 Å². The summed E-state index contributed by atoms with van der Waals surface area (Å²) in [6, 6.07) is 6.43. The lowest BCUT2D eigenvalue weighted by atomic mass is 10.4. The van der Waals surface area contributed by atoms with Crippen LogP contribution in [-0.2, 0) is 6.42 Å². The molecule has 11 heavy (non-hydrogen) atoms. The van der Waals surface area contributed by atoms with E-state index in [0.29, 0.717) is 0 Å². The monoisotopic (exact) mass is 213 g/mol. The van der Waals surface area contributed by atoms with E-state index >= 15 is 0 Å². The number of fused-ring (bicyclic) bond motifs is 1. The van der Waals surface area contributed by atoms with E-state index in [1.165, 1.54) is 22.0 Å². The minimum atomic E-state index is 0.250. The second-order valence-corrected chi connectivity index (χ2v) is 3.09. The second kappa shape index (κ2) is 3.49. The standard InChI is InChI=1S/C7H5Br.CFN/c8-7-2-1-5-3-6(5)4-7;2-1-3/h1-2,4H,3H2;. The molecule has 0 unspecified atom stereocenters.